The molecular weight excluding hydrogens is 320 g/mol. The van der Waals surface area contributed by atoms with Gasteiger partial charge in [0, 0.05) is 18.6 Å². The molecule has 2 N–H and O–H groups in total. The lowest BCUT2D eigenvalue weighted by Gasteiger charge is -2.29. The lowest BCUT2D eigenvalue weighted by molar-refractivity contribution is -0.137. The van der Waals surface area contributed by atoms with E-state index in [1.54, 1.807) is 0 Å². The molecule has 0 bridgehead atoms. The van der Waals surface area contributed by atoms with Crippen molar-refractivity contribution < 1.29 is 4.79 Å². The molecule has 3 nitrogen and oxygen atoms in total. The zero-order valence-corrected chi connectivity index (χ0v) is 14.8. The predicted octanol–water partition coefficient (Wildman–Crippen LogP) is 3.94. The van der Waals surface area contributed by atoms with E-state index in [0.29, 0.717) is 12.6 Å². The summed E-state index contributed by atoms with van der Waals surface area (Å²) in [6.45, 7) is 2.62. The normalized spacial score (nSPS) is 15.9. The third kappa shape index (κ3) is 4.37. The molecule has 0 heterocycles. The minimum absolute atomic E-state index is 0. The second-order valence-electron chi connectivity index (χ2n) is 6.41. The summed E-state index contributed by atoms with van der Waals surface area (Å²) < 4.78 is 0. The van der Waals surface area contributed by atoms with Gasteiger partial charge in [0.05, 0.1) is 5.92 Å². The van der Waals surface area contributed by atoms with Crippen molar-refractivity contribution in [1.29, 1.82) is 0 Å². The Labute approximate surface area is 150 Å². The molecule has 0 spiro atoms. The van der Waals surface area contributed by atoms with E-state index < -0.39 is 0 Å². The Hall–Kier alpha value is -1.84. The van der Waals surface area contributed by atoms with Gasteiger partial charge in [-0.2, -0.15) is 0 Å². The van der Waals surface area contributed by atoms with E-state index in [0.717, 1.165) is 18.4 Å². The van der Waals surface area contributed by atoms with E-state index in [2.05, 4.69) is 12.1 Å². The van der Waals surface area contributed by atoms with Crippen molar-refractivity contribution in [2.75, 3.05) is 0 Å². The average Bonchev–Trinajstić information content (AvgIpc) is 3.44. The number of rotatable bonds is 6. The zero-order valence-electron chi connectivity index (χ0n) is 14.0. The number of nitrogens with two attached hydrogens (primary N) is 1. The summed E-state index contributed by atoms with van der Waals surface area (Å²) in [6, 6.07) is 20.2. The minimum atomic E-state index is -0.263. The van der Waals surface area contributed by atoms with Crippen LogP contribution >= 0.6 is 12.4 Å². The van der Waals surface area contributed by atoms with Crippen LogP contribution in [0.15, 0.2) is 60.7 Å². The summed E-state index contributed by atoms with van der Waals surface area (Å²) in [5.41, 5.74) is 8.54. The van der Waals surface area contributed by atoms with Crippen molar-refractivity contribution in [2.24, 2.45) is 11.7 Å². The van der Waals surface area contributed by atoms with E-state index in [9.17, 15) is 4.79 Å². The summed E-state index contributed by atoms with van der Waals surface area (Å²) >= 11 is 0. The maximum atomic E-state index is 13.0. The summed E-state index contributed by atoms with van der Waals surface area (Å²) in [5, 5.41) is 0. The predicted molar refractivity (Wildman–Crippen MR) is 99.8 cm³/mol. The Morgan fingerprint density at radius 3 is 2.17 bits per heavy atom. The second kappa shape index (κ2) is 8.32. The van der Waals surface area contributed by atoms with Gasteiger partial charge in [-0.25, -0.2) is 0 Å². The number of halogens is 1. The molecule has 1 amide bonds. The highest BCUT2D eigenvalue weighted by Gasteiger charge is 2.36. The molecular formula is C20H25ClN2O. The Morgan fingerprint density at radius 2 is 1.62 bits per heavy atom. The van der Waals surface area contributed by atoms with Crippen molar-refractivity contribution in [3.63, 3.8) is 0 Å². The van der Waals surface area contributed by atoms with Crippen molar-refractivity contribution >= 4 is 18.3 Å². The Morgan fingerprint density at radius 1 is 1.08 bits per heavy atom. The van der Waals surface area contributed by atoms with Crippen LogP contribution in [0.4, 0.5) is 0 Å². The molecule has 2 unspecified atom stereocenters. The highest BCUT2D eigenvalue weighted by molar-refractivity contribution is 5.85. The fourth-order valence-corrected chi connectivity index (χ4v) is 2.93. The van der Waals surface area contributed by atoms with Gasteiger partial charge >= 0.3 is 0 Å². The molecule has 0 aromatic heterocycles. The third-order valence-corrected chi connectivity index (χ3v) is 4.58. The van der Waals surface area contributed by atoms with E-state index in [4.69, 9.17) is 5.73 Å². The lowest BCUT2D eigenvalue weighted by Crippen LogP contribution is -2.40. The lowest BCUT2D eigenvalue weighted by atomic mass is 9.94. The van der Waals surface area contributed by atoms with Gasteiger partial charge in [-0.3, -0.25) is 4.79 Å². The van der Waals surface area contributed by atoms with E-state index in [-0.39, 0.29) is 30.3 Å². The van der Waals surface area contributed by atoms with Gasteiger partial charge in [0.1, 0.15) is 0 Å². The number of carbonyl (C=O) groups is 1. The zero-order chi connectivity index (χ0) is 16.2. The molecule has 2 aromatic carbocycles. The molecule has 1 saturated carbocycles. The van der Waals surface area contributed by atoms with Gasteiger partial charge in [0.15, 0.2) is 0 Å². The molecule has 1 fully saturated rings. The largest absolute Gasteiger partial charge is 0.335 e. The van der Waals surface area contributed by atoms with Crippen LogP contribution < -0.4 is 5.73 Å². The molecule has 0 aliphatic heterocycles. The first kappa shape index (κ1) is 18.5. The number of benzene rings is 2. The van der Waals surface area contributed by atoms with E-state index >= 15 is 0 Å². The highest BCUT2D eigenvalue weighted by atomic mass is 35.5. The quantitative estimate of drug-likeness (QED) is 0.862. The number of carbonyl (C=O) groups excluding carboxylic acids is 1. The smallest absolute Gasteiger partial charge is 0.227 e. The summed E-state index contributed by atoms with van der Waals surface area (Å²) in [5.74, 6) is -0.0607. The van der Waals surface area contributed by atoms with Crippen LogP contribution in [0, 0.1) is 5.92 Å². The molecule has 1 aliphatic carbocycles. The van der Waals surface area contributed by atoms with Crippen LogP contribution in [0.2, 0.25) is 0 Å². The van der Waals surface area contributed by atoms with E-state index in [1.165, 1.54) is 5.56 Å². The molecule has 128 valence electrons. The van der Waals surface area contributed by atoms with Gasteiger partial charge in [0.25, 0.3) is 0 Å². The number of hydrogen-bond acceptors (Lipinski definition) is 2. The van der Waals surface area contributed by atoms with Gasteiger partial charge in [-0.05, 0) is 24.0 Å². The SMILES string of the molecule is CC(C(=O)N(Cc1ccccc1)C1CC1)C(N)c1ccccc1.Cl. The van der Waals surface area contributed by atoms with Crippen LogP contribution in [0.25, 0.3) is 0 Å². The van der Waals surface area contributed by atoms with Crippen LogP contribution in [-0.2, 0) is 11.3 Å². The maximum absolute atomic E-state index is 13.0. The van der Waals surface area contributed by atoms with Gasteiger partial charge < -0.3 is 10.6 Å². The number of hydrogen-bond donors (Lipinski definition) is 1. The number of nitrogens with zero attached hydrogens (tertiary/aromatic N) is 1. The van der Waals surface area contributed by atoms with Crippen LogP contribution in [0.5, 0.6) is 0 Å². The Kier molecular flexibility index (Phi) is 6.41. The topological polar surface area (TPSA) is 46.3 Å². The summed E-state index contributed by atoms with van der Waals surface area (Å²) in [6.07, 6.45) is 2.21. The van der Waals surface area contributed by atoms with Crippen LogP contribution in [0.1, 0.15) is 36.9 Å². The van der Waals surface area contributed by atoms with Crippen LogP contribution in [0.3, 0.4) is 0 Å². The standard InChI is InChI=1S/C20H24N2O.ClH/c1-15(19(21)17-10-6-3-7-11-17)20(23)22(18-12-13-18)14-16-8-4-2-5-9-16;/h2-11,15,18-19H,12-14,21H2,1H3;1H. The molecule has 4 heteroatoms. The molecule has 2 atom stereocenters. The first-order chi connectivity index (χ1) is 11.2. The molecule has 1 aliphatic rings. The van der Waals surface area contributed by atoms with Crippen molar-refractivity contribution in [1.82, 2.24) is 4.90 Å². The molecule has 0 radical (unpaired) electrons. The second-order valence-corrected chi connectivity index (χ2v) is 6.41. The molecule has 3 rings (SSSR count). The van der Waals surface area contributed by atoms with Crippen molar-refractivity contribution in [3.05, 3.63) is 71.8 Å². The molecule has 0 saturated heterocycles. The third-order valence-electron chi connectivity index (χ3n) is 4.58. The average molecular weight is 345 g/mol. The number of amides is 1. The monoisotopic (exact) mass is 344 g/mol. The first-order valence-corrected chi connectivity index (χ1v) is 8.31. The van der Waals surface area contributed by atoms with Crippen molar-refractivity contribution in [2.45, 2.75) is 38.4 Å². The molecule has 2 aromatic rings. The fraction of sp³-hybridized carbons (Fsp3) is 0.350. The Bertz CT molecular complexity index is 643. The van der Waals surface area contributed by atoms with E-state index in [1.807, 2.05) is 60.4 Å². The maximum Gasteiger partial charge on any atom is 0.227 e. The Balaban J connectivity index is 0.00000208. The van der Waals surface area contributed by atoms with Crippen LogP contribution in [-0.4, -0.2) is 16.8 Å². The first-order valence-electron chi connectivity index (χ1n) is 8.31. The van der Waals surface area contributed by atoms with Crippen molar-refractivity contribution in [3.8, 4) is 0 Å². The summed E-state index contributed by atoms with van der Waals surface area (Å²) in [7, 11) is 0. The van der Waals surface area contributed by atoms with Gasteiger partial charge in [-0.1, -0.05) is 67.6 Å². The summed E-state index contributed by atoms with van der Waals surface area (Å²) in [4.78, 5) is 15.0. The molecule has 24 heavy (non-hydrogen) atoms. The van der Waals surface area contributed by atoms with Gasteiger partial charge in [-0.15, -0.1) is 12.4 Å². The fourth-order valence-electron chi connectivity index (χ4n) is 2.93. The minimum Gasteiger partial charge on any atom is -0.335 e. The highest BCUT2D eigenvalue weighted by Crippen LogP contribution is 2.31. The van der Waals surface area contributed by atoms with Gasteiger partial charge in [0.2, 0.25) is 5.91 Å².